The highest BCUT2D eigenvalue weighted by Gasteiger charge is 2.07. The Balaban J connectivity index is 2.35. The van der Waals surface area contributed by atoms with Crippen molar-refractivity contribution in [1.29, 1.82) is 0 Å². The van der Waals surface area contributed by atoms with E-state index < -0.39 is 5.97 Å². The summed E-state index contributed by atoms with van der Waals surface area (Å²) in [4.78, 5) is 22.3. The van der Waals surface area contributed by atoms with Gasteiger partial charge in [0.25, 0.3) is 0 Å². The van der Waals surface area contributed by atoms with Gasteiger partial charge in [-0.1, -0.05) is 38.7 Å². The fraction of sp³-hybridized carbons (Fsp3) is 0.467. The fourth-order valence-electron chi connectivity index (χ4n) is 1.75. The average Bonchev–Trinajstić information content (AvgIpc) is 2.38. The predicted octanol–water partition coefficient (Wildman–Crippen LogP) is 3.65. The molecule has 0 unspecified atom stereocenters. The van der Waals surface area contributed by atoms with Crippen LogP contribution in [-0.2, 0) is 4.79 Å². The molecule has 0 aliphatic rings. The molecule has 0 heterocycles. The van der Waals surface area contributed by atoms with Gasteiger partial charge in [-0.05, 0) is 24.6 Å². The molecule has 0 aliphatic carbocycles. The SMILES string of the molecule is CCCCCCCC(=O)Oc1cccc(C(=O)O)c1. The van der Waals surface area contributed by atoms with E-state index in [0.717, 1.165) is 19.3 Å². The van der Waals surface area contributed by atoms with E-state index >= 15 is 0 Å². The molecular formula is C15H20O4. The molecule has 0 atom stereocenters. The maximum atomic E-state index is 11.6. The molecule has 1 N–H and O–H groups in total. The lowest BCUT2D eigenvalue weighted by atomic mass is 10.1. The van der Waals surface area contributed by atoms with Gasteiger partial charge in [0, 0.05) is 6.42 Å². The molecule has 104 valence electrons. The van der Waals surface area contributed by atoms with Gasteiger partial charge in [0.2, 0.25) is 0 Å². The number of aromatic carboxylic acids is 1. The van der Waals surface area contributed by atoms with Crippen molar-refractivity contribution in [1.82, 2.24) is 0 Å². The molecule has 0 fully saturated rings. The van der Waals surface area contributed by atoms with Crippen molar-refractivity contribution in [3.05, 3.63) is 29.8 Å². The molecule has 0 amide bonds. The molecule has 4 heteroatoms. The maximum Gasteiger partial charge on any atom is 0.335 e. The Bertz CT molecular complexity index is 426. The number of rotatable bonds is 8. The highest BCUT2D eigenvalue weighted by Crippen LogP contribution is 2.15. The summed E-state index contributed by atoms with van der Waals surface area (Å²) < 4.78 is 5.11. The number of carbonyl (C=O) groups is 2. The fourth-order valence-corrected chi connectivity index (χ4v) is 1.75. The summed E-state index contributed by atoms with van der Waals surface area (Å²) in [6.45, 7) is 2.14. The Morgan fingerprint density at radius 3 is 2.58 bits per heavy atom. The third kappa shape index (κ3) is 6.04. The van der Waals surface area contributed by atoms with E-state index in [0.29, 0.717) is 12.2 Å². The second kappa shape index (κ2) is 8.29. The lowest BCUT2D eigenvalue weighted by Gasteiger charge is -2.05. The van der Waals surface area contributed by atoms with Gasteiger partial charge in [0.05, 0.1) is 5.56 Å². The van der Waals surface area contributed by atoms with Gasteiger partial charge in [0.1, 0.15) is 5.75 Å². The first-order chi connectivity index (χ1) is 9.13. The van der Waals surface area contributed by atoms with Crippen molar-refractivity contribution in [2.24, 2.45) is 0 Å². The molecule has 0 saturated heterocycles. The lowest BCUT2D eigenvalue weighted by Crippen LogP contribution is -2.08. The van der Waals surface area contributed by atoms with Gasteiger partial charge in [-0.15, -0.1) is 0 Å². The van der Waals surface area contributed by atoms with Crippen LogP contribution < -0.4 is 4.74 Å². The monoisotopic (exact) mass is 264 g/mol. The number of benzene rings is 1. The predicted molar refractivity (Wildman–Crippen MR) is 72.4 cm³/mol. The third-order valence-electron chi connectivity index (χ3n) is 2.80. The second-order valence-electron chi connectivity index (χ2n) is 4.47. The van der Waals surface area contributed by atoms with E-state index in [9.17, 15) is 9.59 Å². The van der Waals surface area contributed by atoms with Gasteiger partial charge < -0.3 is 9.84 Å². The van der Waals surface area contributed by atoms with Crippen molar-refractivity contribution in [2.45, 2.75) is 45.4 Å². The molecule has 0 aliphatic heterocycles. The smallest absolute Gasteiger partial charge is 0.335 e. The topological polar surface area (TPSA) is 63.6 Å². The minimum Gasteiger partial charge on any atom is -0.478 e. The molecule has 1 rings (SSSR count). The first-order valence-corrected chi connectivity index (χ1v) is 6.67. The average molecular weight is 264 g/mol. The van der Waals surface area contributed by atoms with Gasteiger partial charge in [-0.2, -0.15) is 0 Å². The molecule has 19 heavy (non-hydrogen) atoms. The Morgan fingerprint density at radius 2 is 1.89 bits per heavy atom. The van der Waals surface area contributed by atoms with Crippen molar-refractivity contribution in [3.8, 4) is 5.75 Å². The van der Waals surface area contributed by atoms with Crippen molar-refractivity contribution in [2.75, 3.05) is 0 Å². The molecule has 0 aromatic heterocycles. The number of carboxylic acid groups (broad SMARTS) is 1. The number of carbonyl (C=O) groups excluding carboxylic acids is 1. The summed E-state index contributed by atoms with van der Waals surface area (Å²) in [6, 6.07) is 5.97. The number of esters is 1. The zero-order valence-electron chi connectivity index (χ0n) is 11.2. The molecular weight excluding hydrogens is 244 g/mol. The first-order valence-electron chi connectivity index (χ1n) is 6.67. The Kier molecular flexibility index (Phi) is 6.64. The molecule has 1 aromatic rings. The van der Waals surface area contributed by atoms with Crippen molar-refractivity contribution < 1.29 is 19.4 Å². The van der Waals surface area contributed by atoms with Crippen LogP contribution >= 0.6 is 0 Å². The van der Waals surface area contributed by atoms with Crippen LogP contribution in [0, 0.1) is 0 Å². The first kappa shape index (κ1) is 15.2. The molecule has 0 radical (unpaired) electrons. The Labute approximate surface area is 113 Å². The Hall–Kier alpha value is -1.84. The van der Waals surface area contributed by atoms with Gasteiger partial charge >= 0.3 is 11.9 Å². The summed E-state index contributed by atoms with van der Waals surface area (Å²) in [5.74, 6) is -1.05. The number of hydrogen-bond donors (Lipinski definition) is 1. The van der Waals surface area contributed by atoms with Crippen LogP contribution in [0.2, 0.25) is 0 Å². The van der Waals surface area contributed by atoms with E-state index in [1.54, 1.807) is 12.1 Å². The van der Waals surface area contributed by atoms with E-state index in [4.69, 9.17) is 9.84 Å². The Morgan fingerprint density at radius 1 is 1.16 bits per heavy atom. The molecule has 0 saturated carbocycles. The molecule has 0 bridgehead atoms. The van der Waals surface area contributed by atoms with Crippen molar-refractivity contribution >= 4 is 11.9 Å². The number of hydrogen-bond acceptors (Lipinski definition) is 3. The quantitative estimate of drug-likeness (QED) is 0.442. The largest absolute Gasteiger partial charge is 0.478 e. The summed E-state index contributed by atoms with van der Waals surface area (Å²) in [6.07, 6.45) is 5.72. The number of unbranched alkanes of at least 4 members (excludes halogenated alkanes) is 4. The van der Waals surface area contributed by atoms with Crippen LogP contribution in [0.5, 0.6) is 5.75 Å². The molecule has 0 spiro atoms. The van der Waals surface area contributed by atoms with Crippen LogP contribution in [0.25, 0.3) is 0 Å². The van der Waals surface area contributed by atoms with Crippen LogP contribution in [0.4, 0.5) is 0 Å². The highest BCUT2D eigenvalue weighted by atomic mass is 16.5. The van der Waals surface area contributed by atoms with Crippen molar-refractivity contribution in [3.63, 3.8) is 0 Å². The van der Waals surface area contributed by atoms with E-state index in [2.05, 4.69) is 6.92 Å². The van der Waals surface area contributed by atoms with Crippen LogP contribution in [0.1, 0.15) is 55.8 Å². The van der Waals surface area contributed by atoms with E-state index in [-0.39, 0.29) is 11.5 Å². The standard InChI is InChI=1S/C15H20O4/c1-2-3-4-5-6-10-14(16)19-13-9-7-8-12(11-13)15(17)18/h7-9,11H,2-6,10H2,1H3,(H,17,18). The van der Waals surface area contributed by atoms with Gasteiger partial charge in [0.15, 0.2) is 0 Å². The summed E-state index contributed by atoms with van der Waals surface area (Å²) in [5.41, 5.74) is 0.119. The minimum atomic E-state index is -1.03. The van der Waals surface area contributed by atoms with Crippen LogP contribution in [0.3, 0.4) is 0 Å². The summed E-state index contributed by atoms with van der Waals surface area (Å²) in [7, 11) is 0. The van der Waals surface area contributed by atoms with Crippen LogP contribution in [0.15, 0.2) is 24.3 Å². The van der Waals surface area contributed by atoms with E-state index in [1.807, 2.05) is 0 Å². The third-order valence-corrected chi connectivity index (χ3v) is 2.80. The maximum absolute atomic E-state index is 11.6. The number of ether oxygens (including phenoxy) is 1. The summed E-state index contributed by atoms with van der Waals surface area (Å²) >= 11 is 0. The van der Waals surface area contributed by atoms with E-state index in [1.165, 1.54) is 25.0 Å². The van der Waals surface area contributed by atoms with Gasteiger partial charge in [-0.3, -0.25) is 4.79 Å². The second-order valence-corrected chi connectivity index (χ2v) is 4.47. The zero-order valence-corrected chi connectivity index (χ0v) is 11.2. The van der Waals surface area contributed by atoms with Crippen LogP contribution in [-0.4, -0.2) is 17.0 Å². The molecule has 1 aromatic carbocycles. The highest BCUT2D eigenvalue weighted by molar-refractivity contribution is 5.88. The minimum absolute atomic E-state index is 0.119. The normalized spacial score (nSPS) is 10.2. The molecule has 4 nitrogen and oxygen atoms in total. The lowest BCUT2D eigenvalue weighted by molar-refractivity contribution is -0.134. The van der Waals surface area contributed by atoms with Gasteiger partial charge in [-0.25, -0.2) is 4.79 Å². The zero-order chi connectivity index (χ0) is 14.1. The summed E-state index contributed by atoms with van der Waals surface area (Å²) in [5, 5.41) is 8.83. The number of carboxylic acids is 1.